The van der Waals surface area contributed by atoms with Gasteiger partial charge in [-0.15, -0.1) is 0 Å². The Labute approximate surface area is 200 Å². The number of rotatable bonds is 9. The van der Waals surface area contributed by atoms with Crippen LogP contribution in [0.3, 0.4) is 0 Å². The van der Waals surface area contributed by atoms with Crippen LogP contribution in [0.25, 0.3) is 16.8 Å². The molecule has 1 heterocycles. The first-order valence-electron chi connectivity index (χ1n) is 11.3. The van der Waals surface area contributed by atoms with Crippen LogP contribution in [0.4, 0.5) is 22.0 Å². The van der Waals surface area contributed by atoms with Gasteiger partial charge in [-0.3, -0.25) is 9.18 Å². The minimum atomic E-state index is -4.30. The summed E-state index contributed by atoms with van der Waals surface area (Å²) in [6.07, 6.45) is -3.48. The summed E-state index contributed by atoms with van der Waals surface area (Å²) in [5, 5.41) is 0. The lowest BCUT2D eigenvalue weighted by molar-refractivity contribution is -0.133. The third kappa shape index (κ3) is 6.18. The summed E-state index contributed by atoms with van der Waals surface area (Å²) >= 11 is 0. The Kier molecular flexibility index (Phi) is 8.14. The normalized spacial score (nSPS) is 12.5. The molecule has 0 aliphatic carbocycles. The minimum Gasteiger partial charge on any atom is -0.399 e. The molecule has 0 bridgehead atoms. The summed E-state index contributed by atoms with van der Waals surface area (Å²) in [5.41, 5.74) is 7.98. The molecule has 0 radical (unpaired) electrons. The molecule has 3 aromatic rings. The summed E-state index contributed by atoms with van der Waals surface area (Å²) in [5.74, 6) is -0.627. The highest BCUT2D eigenvalue weighted by molar-refractivity contribution is 5.70. The van der Waals surface area contributed by atoms with E-state index in [9.17, 15) is 26.7 Å². The first kappa shape index (κ1) is 26.2. The third-order valence-electron chi connectivity index (χ3n) is 5.97. The van der Waals surface area contributed by atoms with E-state index in [2.05, 4.69) is 6.58 Å². The number of pyridine rings is 1. The highest BCUT2D eigenvalue weighted by Gasteiger charge is 2.27. The first-order chi connectivity index (χ1) is 16.6. The molecule has 2 N–H and O–H groups in total. The van der Waals surface area contributed by atoms with Crippen molar-refractivity contribution in [2.45, 2.75) is 44.8 Å². The lowest BCUT2D eigenvalue weighted by Crippen LogP contribution is -2.26. The maximum atomic E-state index is 14.5. The maximum absolute atomic E-state index is 14.5. The van der Waals surface area contributed by atoms with E-state index in [1.165, 1.54) is 22.8 Å². The molecule has 1 atom stereocenters. The lowest BCUT2D eigenvalue weighted by Gasteiger charge is -2.22. The Bertz CT molecular complexity index is 1260. The van der Waals surface area contributed by atoms with Crippen LogP contribution >= 0.6 is 0 Å². The third-order valence-corrected chi connectivity index (χ3v) is 5.97. The second kappa shape index (κ2) is 10.9. The van der Waals surface area contributed by atoms with Crippen LogP contribution in [-0.4, -0.2) is 17.4 Å². The predicted molar refractivity (Wildman–Crippen MR) is 128 cm³/mol. The molecule has 0 spiro atoms. The Morgan fingerprint density at radius 2 is 1.80 bits per heavy atom. The van der Waals surface area contributed by atoms with Gasteiger partial charge in [0.05, 0.1) is 12.7 Å². The molecule has 0 amide bonds. The molecule has 2 aromatic carbocycles. The number of hydrogen-bond acceptors (Lipinski definition) is 2. The van der Waals surface area contributed by atoms with Gasteiger partial charge in [0.1, 0.15) is 5.82 Å². The smallest absolute Gasteiger partial charge is 0.389 e. The van der Waals surface area contributed by atoms with Crippen LogP contribution in [0.1, 0.15) is 48.1 Å². The molecule has 0 saturated heterocycles. The van der Waals surface area contributed by atoms with Crippen molar-refractivity contribution in [1.82, 2.24) is 4.57 Å². The van der Waals surface area contributed by atoms with Crippen molar-refractivity contribution in [3.63, 3.8) is 0 Å². The van der Waals surface area contributed by atoms with Crippen molar-refractivity contribution in [2.24, 2.45) is 5.73 Å². The van der Waals surface area contributed by atoms with Gasteiger partial charge < -0.3 is 10.3 Å². The van der Waals surface area contributed by atoms with Crippen molar-refractivity contribution in [2.75, 3.05) is 6.67 Å². The van der Waals surface area contributed by atoms with E-state index in [-0.39, 0.29) is 24.1 Å². The Hall–Kier alpha value is -3.42. The van der Waals surface area contributed by atoms with E-state index in [1.807, 2.05) is 6.92 Å². The van der Waals surface area contributed by atoms with Gasteiger partial charge in [-0.2, -0.15) is 13.2 Å². The summed E-state index contributed by atoms with van der Waals surface area (Å²) in [6.45, 7) is 4.64. The van der Waals surface area contributed by atoms with Crippen molar-refractivity contribution in [3.8, 4) is 11.1 Å². The molecular formula is C27H27F5N2O. The Morgan fingerprint density at radius 3 is 2.40 bits per heavy atom. The molecule has 1 aromatic heterocycles. The molecule has 3 nitrogen and oxygen atoms in total. The highest BCUT2D eigenvalue weighted by atomic mass is 19.4. The van der Waals surface area contributed by atoms with Crippen LogP contribution in [-0.2, 0) is 12.8 Å². The zero-order valence-corrected chi connectivity index (χ0v) is 19.3. The fourth-order valence-electron chi connectivity index (χ4n) is 4.21. The summed E-state index contributed by atoms with van der Waals surface area (Å²) < 4.78 is 67.9. The highest BCUT2D eigenvalue weighted by Crippen LogP contribution is 2.32. The van der Waals surface area contributed by atoms with Gasteiger partial charge in [0.15, 0.2) is 0 Å². The average Bonchev–Trinajstić information content (AvgIpc) is 2.80. The summed E-state index contributed by atoms with van der Waals surface area (Å²) in [7, 11) is 0. The number of benzene rings is 2. The monoisotopic (exact) mass is 490 g/mol. The van der Waals surface area contributed by atoms with Crippen LogP contribution in [0.2, 0.25) is 0 Å². The first-order valence-corrected chi connectivity index (χ1v) is 11.3. The van der Waals surface area contributed by atoms with E-state index < -0.39 is 36.7 Å². The number of nitrogens with zero attached hydrogens (tertiary/aromatic N) is 1. The van der Waals surface area contributed by atoms with Gasteiger partial charge in [-0.05, 0) is 52.8 Å². The SMILES string of the molecule is C=C(N)c1ccc(C(CCF)n2cc(CC)c(-c3ccccc3CCC(F)(F)F)cc2=O)cc1F. The van der Waals surface area contributed by atoms with Crippen LogP contribution in [0.5, 0.6) is 0 Å². The molecule has 0 aliphatic heterocycles. The van der Waals surface area contributed by atoms with Gasteiger partial charge in [0, 0.05) is 36.4 Å². The largest absolute Gasteiger partial charge is 0.399 e. The van der Waals surface area contributed by atoms with E-state index in [0.717, 1.165) is 0 Å². The average molecular weight is 491 g/mol. The van der Waals surface area contributed by atoms with Crippen molar-refractivity contribution >= 4 is 5.70 Å². The van der Waals surface area contributed by atoms with Gasteiger partial charge in [0.2, 0.25) is 0 Å². The van der Waals surface area contributed by atoms with Gasteiger partial charge >= 0.3 is 6.18 Å². The van der Waals surface area contributed by atoms with E-state index in [1.54, 1.807) is 36.5 Å². The minimum absolute atomic E-state index is 0.0510. The van der Waals surface area contributed by atoms with Crippen LogP contribution < -0.4 is 11.3 Å². The zero-order valence-electron chi connectivity index (χ0n) is 19.3. The zero-order chi connectivity index (χ0) is 25.8. The van der Waals surface area contributed by atoms with Gasteiger partial charge in [-0.25, -0.2) is 4.39 Å². The topological polar surface area (TPSA) is 48.0 Å². The predicted octanol–water partition coefficient (Wildman–Crippen LogP) is 6.59. The number of nitrogens with two attached hydrogens (primary N) is 1. The van der Waals surface area contributed by atoms with Gasteiger partial charge in [-0.1, -0.05) is 43.8 Å². The molecule has 0 saturated carbocycles. The molecule has 8 heteroatoms. The number of hydrogen-bond donors (Lipinski definition) is 1. The molecular weight excluding hydrogens is 463 g/mol. The number of alkyl halides is 4. The molecule has 0 aliphatic rings. The van der Waals surface area contributed by atoms with Gasteiger partial charge in [0.25, 0.3) is 5.56 Å². The van der Waals surface area contributed by atoms with Crippen LogP contribution in [0, 0.1) is 5.82 Å². The summed E-state index contributed by atoms with van der Waals surface area (Å²) in [6, 6.07) is 11.5. The van der Waals surface area contributed by atoms with Crippen molar-refractivity contribution in [1.29, 1.82) is 0 Å². The second-order valence-electron chi connectivity index (χ2n) is 8.34. The van der Waals surface area contributed by atoms with E-state index >= 15 is 0 Å². The van der Waals surface area contributed by atoms with E-state index in [4.69, 9.17) is 5.73 Å². The number of halogens is 5. The van der Waals surface area contributed by atoms with Crippen molar-refractivity contribution < 1.29 is 22.0 Å². The molecule has 0 fully saturated rings. The van der Waals surface area contributed by atoms with Crippen LogP contribution in [0.15, 0.2) is 66.1 Å². The molecule has 35 heavy (non-hydrogen) atoms. The molecule has 1 unspecified atom stereocenters. The fourth-order valence-corrected chi connectivity index (χ4v) is 4.21. The van der Waals surface area contributed by atoms with Crippen molar-refractivity contribution in [3.05, 3.63) is 99.7 Å². The summed E-state index contributed by atoms with van der Waals surface area (Å²) in [4.78, 5) is 13.2. The Balaban J connectivity index is 2.10. The standard InChI is InChI=1S/C27H27F5N2O/c1-3-18-16-34(25(11-13-28)20-8-9-21(17(2)33)24(29)14-20)26(35)15-23(18)22-7-5-4-6-19(22)10-12-27(30,31)32/h4-9,14-16,25H,2-3,10-13,33H2,1H3. The number of aryl methyl sites for hydroxylation is 2. The Morgan fingerprint density at radius 1 is 1.09 bits per heavy atom. The lowest BCUT2D eigenvalue weighted by atomic mass is 9.93. The molecule has 3 rings (SSSR count). The number of aromatic nitrogens is 1. The maximum Gasteiger partial charge on any atom is 0.389 e. The molecule has 186 valence electrons. The second-order valence-corrected chi connectivity index (χ2v) is 8.34. The quantitative estimate of drug-likeness (QED) is 0.344. The fraction of sp³-hybridized carbons (Fsp3) is 0.296. The van der Waals surface area contributed by atoms with E-state index in [0.29, 0.717) is 34.2 Å².